The van der Waals surface area contributed by atoms with E-state index in [1.54, 1.807) is 13.2 Å². The van der Waals surface area contributed by atoms with Crippen molar-refractivity contribution >= 4 is 10.0 Å². The molecule has 0 aromatic carbocycles. The number of nitrogens with zero attached hydrogens (tertiary/aromatic N) is 2. The lowest BCUT2D eigenvalue weighted by Gasteiger charge is -2.33. The Morgan fingerprint density at radius 1 is 1.53 bits per heavy atom. The normalized spacial score (nSPS) is 16.8. The first-order chi connectivity index (χ1) is 9.07. The number of aromatic nitrogens is 2. The lowest BCUT2D eigenvalue weighted by atomic mass is 9.94. The van der Waals surface area contributed by atoms with Crippen LogP contribution in [-0.2, 0) is 16.6 Å². The highest BCUT2D eigenvalue weighted by Gasteiger charge is 2.33. The van der Waals surface area contributed by atoms with Gasteiger partial charge in [0, 0.05) is 25.2 Å². The number of hydrogen-bond donors (Lipinski definition) is 2. The molecule has 2 N–H and O–H groups in total. The van der Waals surface area contributed by atoms with Crippen LogP contribution in [0.25, 0.3) is 0 Å². The summed E-state index contributed by atoms with van der Waals surface area (Å²) in [5.41, 5.74) is 0.708. The minimum absolute atomic E-state index is 0.143. The van der Waals surface area contributed by atoms with Gasteiger partial charge in [-0.3, -0.25) is 5.10 Å². The van der Waals surface area contributed by atoms with Gasteiger partial charge in [0.2, 0.25) is 0 Å². The van der Waals surface area contributed by atoms with Crippen LogP contribution in [0.5, 0.6) is 0 Å². The fourth-order valence-electron chi connectivity index (χ4n) is 2.14. The highest BCUT2D eigenvalue weighted by atomic mass is 32.2. The molecule has 0 radical (unpaired) electrons. The van der Waals surface area contributed by atoms with Gasteiger partial charge in [-0.1, -0.05) is 13.3 Å². The predicted molar refractivity (Wildman–Crippen MR) is 73.2 cm³/mol. The van der Waals surface area contributed by atoms with Gasteiger partial charge in [-0.05, 0) is 25.8 Å². The van der Waals surface area contributed by atoms with E-state index in [2.05, 4.69) is 22.4 Å². The summed E-state index contributed by atoms with van der Waals surface area (Å²) in [4.78, 5) is 0. The van der Waals surface area contributed by atoms with Gasteiger partial charge in [0.05, 0.1) is 6.20 Å². The van der Waals surface area contributed by atoms with Gasteiger partial charge in [-0.2, -0.15) is 9.40 Å². The van der Waals surface area contributed by atoms with Crippen LogP contribution < -0.4 is 5.32 Å². The molecule has 1 aliphatic carbocycles. The lowest BCUT2D eigenvalue weighted by Crippen LogP contribution is -2.41. The molecule has 1 aliphatic rings. The Morgan fingerprint density at radius 3 is 2.84 bits per heavy atom. The first kappa shape index (κ1) is 14.5. The van der Waals surface area contributed by atoms with Crippen molar-refractivity contribution in [2.45, 2.75) is 50.2 Å². The van der Waals surface area contributed by atoms with Crippen LogP contribution in [0.3, 0.4) is 0 Å². The summed E-state index contributed by atoms with van der Waals surface area (Å²) in [6, 6.07) is 0.143. The summed E-state index contributed by atoms with van der Waals surface area (Å²) in [6.07, 6.45) is 5.62. The topological polar surface area (TPSA) is 78.1 Å². The van der Waals surface area contributed by atoms with Crippen molar-refractivity contribution in [1.29, 1.82) is 0 Å². The summed E-state index contributed by atoms with van der Waals surface area (Å²) in [6.45, 7) is 3.46. The molecule has 19 heavy (non-hydrogen) atoms. The average Bonchev–Trinajstić information content (AvgIpc) is 2.76. The van der Waals surface area contributed by atoms with E-state index in [0.29, 0.717) is 12.1 Å². The molecule has 108 valence electrons. The number of sulfonamides is 1. The fraction of sp³-hybridized carbons (Fsp3) is 0.750. The van der Waals surface area contributed by atoms with Crippen LogP contribution in [0.1, 0.15) is 38.2 Å². The molecular weight excluding hydrogens is 264 g/mol. The molecule has 0 bridgehead atoms. The van der Waals surface area contributed by atoms with E-state index >= 15 is 0 Å². The summed E-state index contributed by atoms with van der Waals surface area (Å²) >= 11 is 0. The number of rotatable bonds is 7. The van der Waals surface area contributed by atoms with Crippen molar-refractivity contribution in [2.24, 2.45) is 0 Å². The largest absolute Gasteiger partial charge is 0.313 e. The third-order valence-electron chi connectivity index (χ3n) is 3.65. The highest BCUT2D eigenvalue weighted by Crippen LogP contribution is 2.28. The van der Waals surface area contributed by atoms with Crippen molar-refractivity contribution in [3.8, 4) is 0 Å². The highest BCUT2D eigenvalue weighted by molar-refractivity contribution is 7.89. The van der Waals surface area contributed by atoms with Crippen LogP contribution in [0, 0.1) is 0 Å². The van der Waals surface area contributed by atoms with E-state index in [1.165, 1.54) is 4.31 Å². The van der Waals surface area contributed by atoms with Crippen molar-refractivity contribution < 1.29 is 8.42 Å². The number of H-pyrrole nitrogens is 1. The minimum atomic E-state index is -3.45. The summed E-state index contributed by atoms with van der Waals surface area (Å²) < 4.78 is 26.5. The maximum atomic E-state index is 12.5. The molecule has 1 heterocycles. The van der Waals surface area contributed by atoms with E-state index in [4.69, 9.17) is 0 Å². The monoisotopic (exact) mass is 286 g/mol. The van der Waals surface area contributed by atoms with Crippen molar-refractivity contribution in [2.75, 3.05) is 13.6 Å². The zero-order valence-electron chi connectivity index (χ0n) is 11.5. The van der Waals surface area contributed by atoms with Crippen molar-refractivity contribution in [3.63, 3.8) is 0 Å². The standard InChI is InChI=1S/C12H22N4O2S/c1-3-7-13-8-10-9-14-15-12(10)19(17,18)16(2)11-5-4-6-11/h9,11,13H,3-8H2,1-2H3,(H,14,15). The second kappa shape index (κ2) is 6.02. The van der Waals surface area contributed by atoms with Crippen LogP contribution >= 0.6 is 0 Å². The number of aromatic amines is 1. The molecule has 0 aliphatic heterocycles. The Kier molecular flexibility index (Phi) is 4.59. The zero-order chi connectivity index (χ0) is 13.9. The van der Waals surface area contributed by atoms with Crippen molar-refractivity contribution in [3.05, 3.63) is 11.8 Å². The number of hydrogen-bond acceptors (Lipinski definition) is 4. The molecule has 6 nitrogen and oxygen atoms in total. The predicted octanol–water partition coefficient (Wildman–Crippen LogP) is 1.08. The van der Waals surface area contributed by atoms with E-state index in [-0.39, 0.29) is 11.1 Å². The third kappa shape index (κ3) is 2.98. The van der Waals surface area contributed by atoms with Crippen LogP contribution in [0.2, 0.25) is 0 Å². The third-order valence-corrected chi connectivity index (χ3v) is 5.57. The van der Waals surface area contributed by atoms with Gasteiger partial charge in [0.15, 0.2) is 5.03 Å². The van der Waals surface area contributed by atoms with Crippen LogP contribution in [0.15, 0.2) is 11.2 Å². The van der Waals surface area contributed by atoms with E-state index in [9.17, 15) is 8.42 Å². The Balaban J connectivity index is 2.13. The Labute approximate surface area is 114 Å². The van der Waals surface area contributed by atoms with Gasteiger partial charge in [-0.15, -0.1) is 0 Å². The molecule has 1 saturated carbocycles. The Morgan fingerprint density at radius 2 is 2.26 bits per heavy atom. The fourth-order valence-corrected chi connectivity index (χ4v) is 3.65. The van der Waals surface area contributed by atoms with Gasteiger partial charge in [-0.25, -0.2) is 8.42 Å². The zero-order valence-corrected chi connectivity index (χ0v) is 12.3. The second-order valence-electron chi connectivity index (χ2n) is 5.01. The molecule has 0 saturated heterocycles. The molecule has 0 amide bonds. The molecule has 2 rings (SSSR count). The molecule has 1 aromatic heterocycles. The molecular formula is C12H22N4O2S. The van der Waals surface area contributed by atoms with Crippen molar-refractivity contribution in [1.82, 2.24) is 19.8 Å². The Hall–Kier alpha value is -0.920. The first-order valence-electron chi connectivity index (χ1n) is 6.78. The van der Waals surface area contributed by atoms with E-state index in [1.807, 2.05) is 0 Å². The summed E-state index contributed by atoms with van der Waals surface area (Å²) in [5, 5.41) is 9.95. The molecule has 0 spiro atoms. The molecule has 0 unspecified atom stereocenters. The average molecular weight is 286 g/mol. The SMILES string of the molecule is CCCNCc1cn[nH]c1S(=O)(=O)N(C)C1CCC1. The van der Waals surface area contributed by atoms with Gasteiger partial charge in [0.1, 0.15) is 0 Å². The van der Waals surface area contributed by atoms with Crippen LogP contribution in [-0.4, -0.2) is 42.6 Å². The molecule has 7 heteroatoms. The second-order valence-corrected chi connectivity index (χ2v) is 6.94. The summed E-state index contributed by atoms with van der Waals surface area (Å²) in [7, 11) is -1.79. The maximum absolute atomic E-state index is 12.5. The quantitative estimate of drug-likeness (QED) is 0.735. The molecule has 1 fully saturated rings. The smallest absolute Gasteiger partial charge is 0.260 e. The van der Waals surface area contributed by atoms with Gasteiger partial charge >= 0.3 is 0 Å². The van der Waals surface area contributed by atoms with E-state index in [0.717, 1.165) is 32.2 Å². The Bertz CT molecular complexity index is 508. The lowest BCUT2D eigenvalue weighted by molar-refractivity contribution is 0.249. The number of nitrogens with one attached hydrogen (secondary N) is 2. The van der Waals surface area contributed by atoms with Gasteiger partial charge in [0.25, 0.3) is 10.0 Å². The first-order valence-corrected chi connectivity index (χ1v) is 8.22. The summed E-state index contributed by atoms with van der Waals surface area (Å²) in [5.74, 6) is 0. The van der Waals surface area contributed by atoms with Crippen LogP contribution in [0.4, 0.5) is 0 Å². The van der Waals surface area contributed by atoms with E-state index < -0.39 is 10.0 Å². The molecule has 0 atom stereocenters. The van der Waals surface area contributed by atoms with Gasteiger partial charge < -0.3 is 5.32 Å². The minimum Gasteiger partial charge on any atom is -0.313 e. The molecule has 1 aromatic rings. The maximum Gasteiger partial charge on any atom is 0.260 e.